The number of halogens is 1. The van der Waals surface area contributed by atoms with E-state index in [1.807, 2.05) is 30.3 Å². The molecule has 1 amide bonds. The third-order valence-electron chi connectivity index (χ3n) is 7.08. The second-order valence-corrected chi connectivity index (χ2v) is 11.0. The van der Waals surface area contributed by atoms with Crippen molar-refractivity contribution in [2.45, 2.75) is 23.9 Å². The predicted molar refractivity (Wildman–Crippen MR) is 157 cm³/mol. The highest BCUT2D eigenvalue weighted by molar-refractivity contribution is 7.98. The van der Waals surface area contributed by atoms with Gasteiger partial charge in [0.25, 0.3) is 5.91 Å². The predicted octanol–water partition coefficient (Wildman–Crippen LogP) is 4.06. The molecular formula is C29H34ClN5O4S. The van der Waals surface area contributed by atoms with Crippen molar-refractivity contribution >= 4 is 35.1 Å². The summed E-state index contributed by atoms with van der Waals surface area (Å²) in [6.07, 6.45) is 0.862. The maximum atomic E-state index is 12.7. The Kier molecular flexibility index (Phi) is 9.64. The van der Waals surface area contributed by atoms with Gasteiger partial charge in [0.2, 0.25) is 0 Å². The quantitative estimate of drug-likeness (QED) is 0.216. The molecule has 1 saturated heterocycles. The first kappa shape index (κ1) is 28.5. The van der Waals surface area contributed by atoms with Gasteiger partial charge in [0.1, 0.15) is 11.0 Å². The molecule has 3 aromatic rings. The largest absolute Gasteiger partial charge is 0.493 e. The van der Waals surface area contributed by atoms with Crippen molar-refractivity contribution < 1.29 is 19.0 Å². The van der Waals surface area contributed by atoms with Gasteiger partial charge in [-0.15, -0.1) is 0 Å². The molecule has 11 heteroatoms. The molecule has 0 radical (unpaired) electrons. The molecule has 40 heavy (non-hydrogen) atoms. The minimum atomic E-state index is -0.0685. The molecule has 212 valence electrons. The summed E-state index contributed by atoms with van der Waals surface area (Å²) in [5.41, 5.74) is 4.08. The number of methoxy groups -OCH3 is 2. The molecule has 1 fully saturated rings. The van der Waals surface area contributed by atoms with E-state index in [-0.39, 0.29) is 5.91 Å². The van der Waals surface area contributed by atoms with Gasteiger partial charge in [0.05, 0.1) is 27.4 Å². The molecule has 0 unspecified atom stereocenters. The van der Waals surface area contributed by atoms with E-state index in [0.29, 0.717) is 40.5 Å². The van der Waals surface area contributed by atoms with Gasteiger partial charge < -0.3 is 24.4 Å². The van der Waals surface area contributed by atoms with Gasteiger partial charge in [-0.1, -0.05) is 35.5 Å². The molecule has 0 atom stereocenters. The SMILES string of the molecule is COc1cc2c(cc1OC)CN(c1cc(Cl)nc(SCc3cccc(C(=O)NCCN4CCOCC4)c3)n1)CC2. The minimum absolute atomic E-state index is 0.0685. The molecule has 2 aromatic carbocycles. The van der Waals surface area contributed by atoms with Crippen molar-refractivity contribution in [1.82, 2.24) is 20.2 Å². The Hall–Kier alpha value is -3.05. The van der Waals surface area contributed by atoms with Crippen molar-refractivity contribution in [3.8, 4) is 11.5 Å². The molecular weight excluding hydrogens is 550 g/mol. The fourth-order valence-electron chi connectivity index (χ4n) is 4.90. The van der Waals surface area contributed by atoms with Crippen molar-refractivity contribution in [1.29, 1.82) is 0 Å². The molecule has 2 aliphatic rings. The zero-order chi connectivity index (χ0) is 27.9. The number of nitrogens with one attached hydrogen (secondary N) is 1. The highest BCUT2D eigenvalue weighted by Gasteiger charge is 2.21. The fourth-order valence-corrected chi connectivity index (χ4v) is 5.92. The summed E-state index contributed by atoms with van der Waals surface area (Å²) in [6, 6.07) is 13.6. The van der Waals surface area contributed by atoms with E-state index in [1.54, 1.807) is 20.3 Å². The normalized spacial score (nSPS) is 15.4. The Bertz CT molecular complexity index is 1340. The number of anilines is 1. The number of carbonyl (C=O) groups excluding carboxylic acids is 1. The van der Waals surface area contributed by atoms with Gasteiger partial charge >= 0.3 is 0 Å². The Morgan fingerprint density at radius 1 is 1.05 bits per heavy atom. The van der Waals surface area contributed by atoms with Crippen LogP contribution in [0.4, 0.5) is 5.82 Å². The highest BCUT2D eigenvalue weighted by atomic mass is 35.5. The number of hydrogen-bond donors (Lipinski definition) is 1. The number of ether oxygens (including phenoxy) is 3. The van der Waals surface area contributed by atoms with Crippen molar-refractivity contribution in [2.24, 2.45) is 0 Å². The third kappa shape index (κ3) is 7.17. The fraction of sp³-hybridized carbons (Fsp3) is 0.414. The number of aromatic nitrogens is 2. The van der Waals surface area contributed by atoms with Crippen LogP contribution in [0.25, 0.3) is 0 Å². The van der Waals surface area contributed by atoms with E-state index in [2.05, 4.69) is 26.2 Å². The molecule has 1 N–H and O–H groups in total. The van der Waals surface area contributed by atoms with E-state index in [4.69, 9.17) is 30.8 Å². The highest BCUT2D eigenvalue weighted by Crippen LogP contribution is 2.35. The summed E-state index contributed by atoms with van der Waals surface area (Å²) in [5, 5.41) is 4.03. The van der Waals surface area contributed by atoms with Gasteiger partial charge in [0.15, 0.2) is 16.7 Å². The van der Waals surface area contributed by atoms with Gasteiger partial charge in [-0.3, -0.25) is 9.69 Å². The number of rotatable bonds is 10. The topological polar surface area (TPSA) is 89.1 Å². The van der Waals surface area contributed by atoms with Gasteiger partial charge in [0, 0.05) is 56.7 Å². The van der Waals surface area contributed by atoms with Crippen LogP contribution in [0.3, 0.4) is 0 Å². The van der Waals surface area contributed by atoms with Crippen LogP contribution in [-0.4, -0.2) is 80.9 Å². The molecule has 3 heterocycles. The molecule has 0 aliphatic carbocycles. The zero-order valence-electron chi connectivity index (χ0n) is 22.8. The number of nitrogens with zero attached hydrogens (tertiary/aromatic N) is 4. The number of morpholine rings is 1. The van der Waals surface area contributed by atoms with Crippen LogP contribution >= 0.6 is 23.4 Å². The third-order valence-corrected chi connectivity index (χ3v) is 8.19. The number of thioether (sulfide) groups is 1. The van der Waals surface area contributed by atoms with Crippen LogP contribution in [0.5, 0.6) is 11.5 Å². The monoisotopic (exact) mass is 583 g/mol. The van der Waals surface area contributed by atoms with E-state index in [9.17, 15) is 4.79 Å². The molecule has 2 aliphatic heterocycles. The van der Waals surface area contributed by atoms with Crippen LogP contribution in [-0.2, 0) is 23.5 Å². The summed E-state index contributed by atoms with van der Waals surface area (Å²) in [6.45, 7) is 6.25. The average Bonchev–Trinajstić information content (AvgIpc) is 2.99. The minimum Gasteiger partial charge on any atom is -0.493 e. The molecule has 0 saturated carbocycles. The maximum absolute atomic E-state index is 12.7. The standard InChI is InChI=1S/C29H34ClN5O4S/c1-37-24-15-21-6-8-35(18-23(21)16-25(24)38-2)27-17-26(30)32-29(33-27)40-19-20-4-3-5-22(14-20)28(36)31-7-9-34-10-12-39-13-11-34/h3-5,14-17H,6-13,18-19H2,1-2H3,(H,31,36). The van der Waals surface area contributed by atoms with Crippen LogP contribution < -0.4 is 19.7 Å². The molecule has 9 nitrogen and oxygen atoms in total. The second kappa shape index (κ2) is 13.5. The number of hydrogen-bond acceptors (Lipinski definition) is 9. The van der Waals surface area contributed by atoms with Crippen molar-refractivity contribution in [2.75, 3.05) is 65.1 Å². The van der Waals surface area contributed by atoms with Crippen LogP contribution in [0.2, 0.25) is 5.15 Å². The smallest absolute Gasteiger partial charge is 0.251 e. The summed E-state index contributed by atoms with van der Waals surface area (Å²) in [7, 11) is 3.30. The molecule has 1 aromatic heterocycles. The number of carbonyl (C=O) groups is 1. The van der Waals surface area contributed by atoms with Crippen molar-refractivity contribution in [3.05, 3.63) is 69.9 Å². The first-order valence-electron chi connectivity index (χ1n) is 13.4. The van der Waals surface area contributed by atoms with E-state index >= 15 is 0 Å². The first-order valence-corrected chi connectivity index (χ1v) is 14.7. The Labute approximate surface area is 244 Å². The summed E-state index contributed by atoms with van der Waals surface area (Å²) in [5.74, 6) is 2.80. The summed E-state index contributed by atoms with van der Waals surface area (Å²) < 4.78 is 16.3. The molecule has 0 spiro atoms. The van der Waals surface area contributed by atoms with E-state index in [1.165, 1.54) is 22.9 Å². The molecule has 0 bridgehead atoms. The average molecular weight is 584 g/mol. The van der Waals surface area contributed by atoms with Crippen molar-refractivity contribution in [3.63, 3.8) is 0 Å². The lowest BCUT2D eigenvalue weighted by molar-refractivity contribution is 0.0383. The van der Waals surface area contributed by atoms with E-state index in [0.717, 1.165) is 62.9 Å². The Balaban J connectivity index is 1.20. The van der Waals surface area contributed by atoms with Crippen LogP contribution in [0.15, 0.2) is 47.6 Å². The number of benzene rings is 2. The lowest BCUT2D eigenvalue weighted by Crippen LogP contribution is -2.41. The Morgan fingerprint density at radius 2 is 1.82 bits per heavy atom. The van der Waals surface area contributed by atoms with E-state index < -0.39 is 0 Å². The molecule has 5 rings (SSSR count). The van der Waals surface area contributed by atoms with Gasteiger partial charge in [-0.2, -0.15) is 0 Å². The lowest BCUT2D eigenvalue weighted by Gasteiger charge is -2.30. The maximum Gasteiger partial charge on any atom is 0.251 e. The Morgan fingerprint density at radius 3 is 2.60 bits per heavy atom. The lowest BCUT2D eigenvalue weighted by atomic mass is 9.99. The summed E-state index contributed by atoms with van der Waals surface area (Å²) >= 11 is 7.92. The van der Waals surface area contributed by atoms with Crippen LogP contribution in [0.1, 0.15) is 27.0 Å². The first-order chi connectivity index (χ1) is 19.5. The second-order valence-electron chi connectivity index (χ2n) is 9.68. The number of fused-ring (bicyclic) bond motifs is 1. The van der Waals surface area contributed by atoms with Crippen LogP contribution in [0, 0.1) is 0 Å². The van der Waals surface area contributed by atoms with Gasteiger partial charge in [-0.25, -0.2) is 9.97 Å². The zero-order valence-corrected chi connectivity index (χ0v) is 24.4. The van der Waals surface area contributed by atoms with Gasteiger partial charge in [-0.05, 0) is 47.4 Å². The summed E-state index contributed by atoms with van der Waals surface area (Å²) in [4.78, 5) is 26.5. The number of amides is 1.